The van der Waals surface area contributed by atoms with Crippen molar-refractivity contribution >= 4 is 81.9 Å². The average molecular weight is 811 g/mol. The maximum absolute atomic E-state index is 12.2. The molecule has 17 heteroatoms. The van der Waals surface area contributed by atoms with Gasteiger partial charge in [0.1, 0.15) is 20.2 Å². The Morgan fingerprint density at radius 3 is 0.811 bits per heavy atom. The number of carbonyl (C=O) groups is 4. The topological polar surface area (TPSA) is 220 Å². The normalized spacial score (nSPS) is 13.5. The molecular formula is C36H50CaO14S2. The van der Waals surface area contributed by atoms with Gasteiger partial charge in [0.2, 0.25) is 0 Å². The molecule has 14 nitrogen and oxygen atoms in total. The second-order valence-electron chi connectivity index (χ2n) is 12.4. The summed E-state index contributed by atoms with van der Waals surface area (Å²) in [5.74, 6) is -3.20. The molecule has 0 spiro atoms. The third-order valence-electron chi connectivity index (χ3n) is 7.35. The SMILES string of the molecule is CCCC(C)OC(=O)c1cc(C(=O)OC(C)CCC)cc(S(=O)(=O)[O-])c1.CCCC(C)OC(=O)c1cc(C(=O)OC(C)CCC)cc(S(=O)(=O)[O-])c1.[Ca+2]. The van der Waals surface area contributed by atoms with Crippen LogP contribution in [0.2, 0.25) is 0 Å². The standard InChI is InChI=1S/2C18H26O7S.Ca/c2*1-5-7-12(3)24-17(19)14-9-15(11-16(10-14)26(21,22)23)18(20)25-13(4)8-6-2;/h2*9-13H,5-8H2,1-4H3,(H,21,22,23);/q;;+2/p-2. The van der Waals surface area contributed by atoms with Crippen molar-refractivity contribution in [2.24, 2.45) is 0 Å². The van der Waals surface area contributed by atoms with Gasteiger partial charge in [-0.2, -0.15) is 0 Å². The van der Waals surface area contributed by atoms with Crippen molar-refractivity contribution in [1.82, 2.24) is 0 Å². The minimum Gasteiger partial charge on any atom is -0.744 e. The van der Waals surface area contributed by atoms with Crippen molar-refractivity contribution in [3.05, 3.63) is 58.7 Å². The van der Waals surface area contributed by atoms with Crippen LogP contribution in [0.5, 0.6) is 0 Å². The monoisotopic (exact) mass is 810 g/mol. The van der Waals surface area contributed by atoms with Crippen LogP contribution >= 0.6 is 0 Å². The van der Waals surface area contributed by atoms with Crippen LogP contribution in [0.4, 0.5) is 0 Å². The number of ether oxygens (including phenoxy) is 4. The summed E-state index contributed by atoms with van der Waals surface area (Å²) in [5.41, 5.74) is -0.722. The Balaban J connectivity index is 0.00000100. The van der Waals surface area contributed by atoms with E-state index >= 15 is 0 Å². The summed E-state index contributed by atoms with van der Waals surface area (Å²) in [4.78, 5) is 47.6. The molecule has 0 amide bonds. The van der Waals surface area contributed by atoms with Crippen molar-refractivity contribution < 1.29 is 64.1 Å². The van der Waals surface area contributed by atoms with E-state index in [9.17, 15) is 45.1 Å². The van der Waals surface area contributed by atoms with Gasteiger partial charge in [-0.15, -0.1) is 0 Å². The fraction of sp³-hybridized carbons (Fsp3) is 0.556. The molecule has 292 valence electrons. The third kappa shape index (κ3) is 18.5. The Kier molecular flexibility index (Phi) is 22.8. The van der Waals surface area contributed by atoms with Gasteiger partial charge in [-0.05, 0) is 89.8 Å². The number of hydrogen-bond acceptors (Lipinski definition) is 14. The van der Waals surface area contributed by atoms with Gasteiger partial charge in [-0.25, -0.2) is 36.0 Å². The Labute approximate surface area is 343 Å². The summed E-state index contributed by atoms with van der Waals surface area (Å²) in [6.45, 7) is 14.5. The zero-order valence-electron chi connectivity index (χ0n) is 31.7. The van der Waals surface area contributed by atoms with E-state index in [1.165, 1.54) is 12.1 Å². The van der Waals surface area contributed by atoms with E-state index in [2.05, 4.69) is 0 Å². The fourth-order valence-electron chi connectivity index (χ4n) is 4.82. The summed E-state index contributed by atoms with van der Waals surface area (Å²) in [6, 6.07) is 6.00. The van der Waals surface area contributed by atoms with Crippen molar-refractivity contribution in [3.8, 4) is 0 Å². The molecule has 0 fully saturated rings. The van der Waals surface area contributed by atoms with Crippen molar-refractivity contribution in [1.29, 1.82) is 0 Å². The Morgan fingerprint density at radius 1 is 0.472 bits per heavy atom. The zero-order valence-corrected chi connectivity index (χ0v) is 35.5. The van der Waals surface area contributed by atoms with Crippen LogP contribution in [0.15, 0.2) is 46.2 Å². The Bertz CT molecular complexity index is 1530. The van der Waals surface area contributed by atoms with Gasteiger partial charge in [-0.1, -0.05) is 53.4 Å². The van der Waals surface area contributed by atoms with E-state index < -0.39 is 53.9 Å². The van der Waals surface area contributed by atoms with Crippen LogP contribution in [0.1, 0.15) is 148 Å². The molecule has 0 saturated heterocycles. The number of esters is 4. The molecule has 0 aliphatic carbocycles. The van der Waals surface area contributed by atoms with Gasteiger partial charge in [0.25, 0.3) is 0 Å². The molecule has 0 aromatic heterocycles. The fourth-order valence-corrected chi connectivity index (χ4v) is 5.91. The van der Waals surface area contributed by atoms with Gasteiger partial charge in [-0.3, -0.25) is 0 Å². The summed E-state index contributed by atoms with van der Waals surface area (Å²) >= 11 is 0. The largest absolute Gasteiger partial charge is 2.00 e. The van der Waals surface area contributed by atoms with Gasteiger partial charge in [0, 0.05) is 0 Å². The zero-order chi connectivity index (χ0) is 39.8. The van der Waals surface area contributed by atoms with Gasteiger partial charge in [0.05, 0.1) is 56.5 Å². The van der Waals surface area contributed by atoms with Crippen LogP contribution in [-0.4, -0.2) is 112 Å². The van der Waals surface area contributed by atoms with Gasteiger partial charge < -0.3 is 28.1 Å². The molecule has 0 heterocycles. The molecule has 2 aromatic carbocycles. The molecular weight excluding hydrogens is 761 g/mol. The van der Waals surface area contributed by atoms with Crippen molar-refractivity contribution in [2.75, 3.05) is 0 Å². The summed E-state index contributed by atoms with van der Waals surface area (Å²) in [7, 11) is -9.72. The molecule has 4 unspecified atom stereocenters. The first-order valence-corrected chi connectivity index (χ1v) is 20.0. The third-order valence-corrected chi connectivity index (χ3v) is 8.97. The summed E-state index contributed by atoms with van der Waals surface area (Å²) < 4.78 is 89.1. The van der Waals surface area contributed by atoms with Crippen LogP contribution in [0.25, 0.3) is 0 Å². The minimum atomic E-state index is -4.86. The maximum atomic E-state index is 12.2. The molecule has 0 radical (unpaired) electrons. The first-order chi connectivity index (χ1) is 24.2. The molecule has 53 heavy (non-hydrogen) atoms. The maximum Gasteiger partial charge on any atom is 2.00 e. The van der Waals surface area contributed by atoms with Crippen LogP contribution in [0.3, 0.4) is 0 Å². The van der Waals surface area contributed by atoms with E-state index in [1.54, 1.807) is 27.7 Å². The first-order valence-electron chi connectivity index (χ1n) is 17.2. The van der Waals surface area contributed by atoms with Crippen LogP contribution < -0.4 is 0 Å². The van der Waals surface area contributed by atoms with Gasteiger partial charge in [0.15, 0.2) is 0 Å². The molecule has 4 atom stereocenters. The van der Waals surface area contributed by atoms with E-state index in [4.69, 9.17) is 18.9 Å². The first kappa shape index (κ1) is 50.4. The average Bonchev–Trinajstić information content (AvgIpc) is 3.04. The van der Waals surface area contributed by atoms with Crippen molar-refractivity contribution in [2.45, 2.75) is 141 Å². The van der Waals surface area contributed by atoms with E-state index in [0.717, 1.165) is 49.9 Å². The van der Waals surface area contributed by atoms with E-state index in [-0.39, 0.29) is 84.4 Å². The van der Waals surface area contributed by atoms with Crippen LogP contribution in [0, 0.1) is 0 Å². The number of carbonyl (C=O) groups excluding carboxylic acids is 4. The molecule has 0 saturated carbocycles. The molecule has 0 aliphatic rings. The quantitative estimate of drug-likeness (QED) is 0.0710. The predicted molar refractivity (Wildman–Crippen MR) is 194 cm³/mol. The van der Waals surface area contributed by atoms with Crippen LogP contribution in [-0.2, 0) is 39.2 Å². The Morgan fingerprint density at radius 2 is 0.660 bits per heavy atom. The molecule has 0 N–H and O–H groups in total. The van der Waals surface area contributed by atoms with E-state index in [0.29, 0.717) is 25.7 Å². The smallest absolute Gasteiger partial charge is 0.744 e. The second-order valence-corrected chi connectivity index (χ2v) is 15.2. The predicted octanol–water partition coefficient (Wildman–Crippen LogP) is 6.18. The molecule has 0 aliphatic heterocycles. The number of rotatable bonds is 18. The van der Waals surface area contributed by atoms with Crippen molar-refractivity contribution in [3.63, 3.8) is 0 Å². The Hall–Kier alpha value is -2.60. The molecule has 0 bridgehead atoms. The second kappa shape index (κ2) is 24.0. The van der Waals surface area contributed by atoms with Gasteiger partial charge >= 0.3 is 61.6 Å². The number of benzene rings is 2. The molecule has 2 aromatic rings. The number of hydrogen-bond donors (Lipinski definition) is 0. The van der Waals surface area contributed by atoms with E-state index in [1.807, 2.05) is 27.7 Å². The molecule has 2 rings (SSSR count). The minimum absolute atomic E-state index is 0. The summed E-state index contributed by atoms with van der Waals surface area (Å²) in [5, 5.41) is 0. The summed E-state index contributed by atoms with van der Waals surface area (Å²) in [6.07, 6.45) is 4.24.